The lowest BCUT2D eigenvalue weighted by Gasteiger charge is -2.15. The van der Waals surface area contributed by atoms with Gasteiger partial charge in [-0.1, -0.05) is 49.9 Å². The lowest BCUT2D eigenvalue weighted by molar-refractivity contribution is -0.104. The predicted molar refractivity (Wildman–Crippen MR) is 136 cm³/mol. The van der Waals surface area contributed by atoms with Crippen LogP contribution in [0.1, 0.15) is 30.9 Å². The Kier molecular flexibility index (Phi) is 14.6. The fourth-order valence-corrected chi connectivity index (χ4v) is 2.91. The van der Waals surface area contributed by atoms with Gasteiger partial charge in [0.2, 0.25) is 0 Å². The summed E-state index contributed by atoms with van der Waals surface area (Å²) >= 11 is 0. The summed E-state index contributed by atoms with van der Waals surface area (Å²) in [6.45, 7) is 0.534. The monoisotopic (exact) mass is 439 g/mol. The van der Waals surface area contributed by atoms with E-state index in [4.69, 9.17) is 20.9 Å². The van der Waals surface area contributed by atoms with E-state index in [9.17, 15) is 4.79 Å². The number of ether oxygens (including phenoxy) is 2. The summed E-state index contributed by atoms with van der Waals surface area (Å²) in [4.78, 5) is 10.2. The van der Waals surface area contributed by atoms with Crippen LogP contribution in [-0.2, 0) is 16.1 Å². The molecule has 1 aliphatic carbocycles. The van der Waals surface area contributed by atoms with Gasteiger partial charge >= 0.3 is 0 Å². The highest BCUT2D eigenvalue weighted by atomic mass is 16.5. The van der Waals surface area contributed by atoms with Gasteiger partial charge in [-0.25, -0.2) is 0 Å². The van der Waals surface area contributed by atoms with Crippen LogP contribution in [0.5, 0.6) is 5.75 Å². The van der Waals surface area contributed by atoms with Gasteiger partial charge in [0, 0.05) is 30.0 Å². The fraction of sp³-hybridized carbons (Fsp3) is 0.269. The number of hydrogen-bond donors (Lipinski definition) is 3. The number of anilines is 2. The molecule has 174 valence electrons. The Morgan fingerprint density at radius 3 is 2.25 bits per heavy atom. The van der Waals surface area contributed by atoms with Crippen LogP contribution in [0.15, 0.2) is 78.4 Å². The Hall–Kier alpha value is -3.35. The first-order valence-electron chi connectivity index (χ1n) is 9.92. The molecule has 6 N–H and O–H groups in total. The van der Waals surface area contributed by atoms with E-state index < -0.39 is 0 Å². The van der Waals surface area contributed by atoms with E-state index in [1.807, 2.05) is 30.3 Å². The van der Waals surface area contributed by atoms with Crippen LogP contribution in [0.25, 0.3) is 0 Å². The Bertz CT molecular complexity index is 888. The topological polar surface area (TPSA) is 114 Å². The number of nitrogen functional groups attached to an aromatic ring is 2. The molecule has 0 fully saturated rings. The van der Waals surface area contributed by atoms with Crippen LogP contribution in [0.4, 0.5) is 11.4 Å². The van der Waals surface area contributed by atoms with Crippen molar-refractivity contribution >= 4 is 17.7 Å². The highest BCUT2D eigenvalue weighted by molar-refractivity contribution is 5.66. The van der Waals surface area contributed by atoms with E-state index in [-0.39, 0.29) is 7.43 Å². The Balaban J connectivity index is 0.000000593. The molecule has 6 heteroatoms. The number of methoxy groups -OCH3 is 2. The number of hydrogen-bond acceptors (Lipinski definition) is 6. The quantitative estimate of drug-likeness (QED) is 0.344. The smallest absolute Gasteiger partial charge is 0.142 e. The first-order chi connectivity index (χ1) is 15.1. The molecule has 0 saturated carbocycles. The van der Waals surface area contributed by atoms with Crippen LogP contribution < -0.4 is 21.9 Å². The Morgan fingerprint density at radius 1 is 1.06 bits per heavy atom. The van der Waals surface area contributed by atoms with E-state index in [1.54, 1.807) is 20.3 Å². The van der Waals surface area contributed by atoms with Gasteiger partial charge in [-0.3, -0.25) is 4.79 Å². The van der Waals surface area contributed by atoms with Crippen molar-refractivity contribution in [2.45, 2.75) is 26.4 Å². The van der Waals surface area contributed by atoms with Gasteiger partial charge in [0.05, 0.1) is 13.7 Å². The van der Waals surface area contributed by atoms with Crippen molar-refractivity contribution in [3.05, 3.63) is 89.5 Å². The summed E-state index contributed by atoms with van der Waals surface area (Å²) < 4.78 is 10.1. The third kappa shape index (κ3) is 9.64. The molecule has 0 amide bonds. The minimum atomic E-state index is 0. The van der Waals surface area contributed by atoms with Gasteiger partial charge in [-0.15, -0.1) is 0 Å². The predicted octanol–water partition coefficient (Wildman–Crippen LogP) is 4.63. The first-order valence-corrected chi connectivity index (χ1v) is 9.92. The van der Waals surface area contributed by atoms with Crippen molar-refractivity contribution in [2.24, 2.45) is 5.73 Å². The number of carbonyl (C=O) groups is 1. The maximum Gasteiger partial charge on any atom is 0.142 e. The van der Waals surface area contributed by atoms with Crippen molar-refractivity contribution in [1.82, 2.24) is 0 Å². The minimum absolute atomic E-state index is 0. The lowest BCUT2D eigenvalue weighted by atomic mass is 9.90. The third-order valence-corrected chi connectivity index (χ3v) is 4.51. The molecule has 3 rings (SSSR count). The van der Waals surface area contributed by atoms with Crippen molar-refractivity contribution < 1.29 is 14.3 Å². The van der Waals surface area contributed by atoms with Crippen LogP contribution in [-0.4, -0.2) is 27.6 Å². The second-order valence-electron chi connectivity index (χ2n) is 6.57. The maximum atomic E-state index is 10.2. The lowest BCUT2D eigenvalue weighted by Crippen LogP contribution is -1.98. The van der Waals surface area contributed by atoms with Gasteiger partial charge in [0.1, 0.15) is 12.0 Å². The molecule has 6 nitrogen and oxygen atoms in total. The van der Waals surface area contributed by atoms with Gasteiger partial charge in [-0.2, -0.15) is 0 Å². The van der Waals surface area contributed by atoms with Crippen LogP contribution >= 0.6 is 0 Å². The van der Waals surface area contributed by atoms with Crippen molar-refractivity contribution in [1.29, 1.82) is 0 Å². The summed E-state index contributed by atoms with van der Waals surface area (Å²) in [5, 5.41) is 0. The molecule has 0 aliphatic heterocycles. The second kappa shape index (κ2) is 16.4. The number of allylic oxidation sites excluding steroid dienone is 6. The molecular formula is C26H37N3O3. The molecule has 0 saturated heterocycles. The average Bonchev–Trinajstić information content (AvgIpc) is 2.82. The largest absolute Gasteiger partial charge is 0.497 e. The van der Waals surface area contributed by atoms with Crippen LogP contribution in [0.3, 0.4) is 0 Å². The summed E-state index contributed by atoms with van der Waals surface area (Å²) in [7, 11) is 4.81. The van der Waals surface area contributed by atoms with Gasteiger partial charge < -0.3 is 26.7 Å². The van der Waals surface area contributed by atoms with Crippen molar-refractivity contribution in [2.75, 3.05) is 32.7 Å². The summed E-state index contributed by atoms with van der Waals surface area (Å²) in [5.74, 6) is 1.29. The Labute approximate surface area is 192 Å². The van der Waals surface area contributed by atoms with Gasteiger partial charge in [-0.05, 0) is 54.9 Å². The molecule has 1 unspecified atom stereocenters. The molecule has 0 heterocycles. The summed E-state index contributed by atoms with van der Waals surface area (Å²) in [6.07, 6.45) is 11.5. The molecular weight excluding hydrogens is 402 g/mol. The Morgan fingerprint density at radius 2 is 1.75 bits per heavy atom. The van der Waals surface area contributed by atoms with Crippen molar-refractivity contribution in [3.63, 3.8) is 0 Å². The minimum Gasteiger partial charge on any atom is -0.497 e. The molecule has 1 aliphatic rings. The molecule has 0 bridgehead atoms. The molecule has 0 spiro atoms. The molecule has 2 aromatic rings. The van der Waals surface area contributed by atoms with E-state index in [1.165, 1.54) is 18.7 Å². The van der Waals surface area contributed by atoms with Crippen molar-refractivity contribution in [3.8, 4) is 5.75 Å². The fourth-order valence-electron chi connectivity index (χ4n) is 2.91. The molecule has 2 aromatic carbocycles. The molecule has 0 radical (unpaired) electrons. The maximum absolute atomic E-state index is 10.2. The van der Waals surface area contributed by atoms with E-state index in [0.29, 0.717) is 23.9 Å². The van der Waals surface area contributed by atoms with Gasteiger partial charge in [0.25, 0.3) is 0 Å². The average molecular weight is 440 g/mol. The van der Waals surface area contributed by atoms with E-state index >= 15 is 0 Å². The normalized spacial score (nSPS) is 14.1. The first kappa shape index (κ1) is 28.6. The van der Waals surface area contributed by atoms with E-state index in [0.717, 1.165) is 29.6 Å². The molecule has 1 atom stereocenters. The summed E-state index contributed by atoms with van der Waals surface area (Å²) in [5.41, 5.74) is 20.4. The number of nitrogens with two attached hydrogens (primary N) is 3. The standard InChI is InChI=1S/C16H16O2.C8H12N2O.CH5N.CH4/c1-18-16-10-8-15(9-11-16)14-6-4-13(5-7-14)3-2-12-17;1-11-5-6-2-3-7(9)4-8(6)10;1-2;/h2-6,8-12,14H,7H2,1H3;2-4H,5,9-10H2,1H3;2H2,1H3;1H4/b3-2+;;;. The number of aldehydes is 1. The zero-order valence-electron chi connectivity index (χ0n) is 18.5. The molecule has 32 heavy (non-hydrogen) atoms. The highest BCUT2D eigenvalue weighted by Gasteiger charge is 2.10. The van der Waals surface area contributed by atoms with Crippen LogP contribution in [0.2, 0.25) is 0 Å². The zero-order valence-corrected chi connectivity index (χ0v) is 18.5. The van der Waals surface area contributed by atoms with E-state index in [2.05, 4.69) is 36.1 Å². The highest BCUT2D eigenvalue weighted by Crippen LogP contribution is 2.28. The van der Waals surface area contributed by atoms with Crippen LogP contribution in [0, 0.1) is 0 Å². The number of carbonyl (C=O) groups excluding carboxylic acids is 1. The van der Waals surface area contributed by atoms with Gasteiger partial charge in [0.15, 0.2) is 0 Å². The molecule has 0 aromatic heterocycles. The summed E-state index contributed by atoms with van der Waals surface area (Å²) in [6, 6.07) is 13.6. The third-order valence-electron chi connectivity index (χ3n) is 4.51. The zero-order chi connectivity index (χ0) is 23.1. The SMILES string of the molecule is C.CN.COCc1ccc(N)cc1N.COc1ccc(C2C=CC(/C=C/C=O)=CC2)cc1. The number of rotatable bonds is 6. The second-order valence-corrected chi connectivity index (χ2v) is 6.57. The number of benzene rings is 2.